The normalized spacial score (nSPS) is 20.4. The third-order valence-electron chi connectivity index (χ3n) is 2.75. The van der Waals surface area contributed by atoms with Gasteiger partial charge in [-0.15, -0.1) is 0 Å². The van der Waals surface area contributed by atoms with E-state index in [9.17, 15) is 4.79 Å². The van der Waals surface area contributed by atoms with Crippen LogP contribution in [0.25, 0.3) is 0 Å². The number of hydrogen-bond donors (Lipinski definition) is 2. The van der Waals surface area contributed by atoms with Gasteiger partial charge < -0.3 is 10.6 Å². The smallest absolute Gasteiger partial charge is 0.224 e. The Hall–Kier alpha value is -1.49. The van der Waals surface area contributed by atoms with Gasteiger partial charge in [0.05, 0.1) is 18.2 Å². The van der Waals surface area contributed by atoms with Crippen molar-refractivity contribution in [3.63, 3.8) is 0 Å². The first-order valence-electron chi connectivity index (χ1n) is 5.59. The van der Waals surface area contributed by atoms with Crippen LogP contribution in [-0.4, -0.2) is 29.0 Å². The molecule has 1 fully saturated rings. The van der Waals surface area contributed by atoms with Crippen molar-refractivity contribution in [3.8, 4) is 0 Å². The van der Waals surface area contributed by atoms with Gasteiger partial charge in [-0.05, 0) is 25.5 Å². The molecular formula is C11H16N4O. The molecule has 2 rings (SSSR count). The van der Waals surface area contributed by atoms with E-state index in [4.69, 9.17) is 0 Å². The van der Waals surface area contributed by atoms with Gasteiger partial charge in [0, 0.05) is 12.7 Å². The lowest BCUT2D eigenvalue weighted by atomic mass is 9.99. The van der Waals surface area contributed by atoms with E-state index in [-0.39, 0.29) is 11.8 Å². The van der Waals surface area contributed by atoms with Crippen molar-refractivity contribution in [1.29, 1.82) is 0 Å². The van der Waals surface area contributed by atoms with Gasteiger partial charge >= 0.3 is 0 Å². The molecule has 1 aromatic heterocycles. The fraction of sp³-hybridized carbons (Fsp3) is 0.545. The minimum Gasteiger partial charge on any atom is -0.350 e. The van der Waals surface area contributed by atoms with E-state index < -0.39 is 0 Å². The summed E-state index contributed by atoms with van der Waals surface area (Å²) >= 11 is 0. The first kappa shape index (κ1) is 11.0. The number of amides is 1. The molecule has 1 aromatic rings. The van der Waals surface area contributed by atoms with E-state index in [2.05, 4.69) is 20.6 Å². The molecule has 1 aliphatic heterocycles. The highest BCUT2D eigenvalue weighted by atomic mass is 16.1. The second-order valence-corrected chi connectivity index (χ2v) is 3.96. The molecule has 0 radical (unpaired) electrons. The van der Waals surface area contributed by atoms with Gasteiger partial charge in [0.2, 0.25) is 5.91 Å². The van der Waals surface area contributed by atoms with Crippen molar-refractivity contribution in [1.82, 2.24) is 20.6 Å². The summed E-state index contributed by atoms with van der Waals surface area (Å²) < 4.78 is 0. The average molecular weight is 220 g/mol. The van der Waals surface area contributed by atoms with E-state index >= 15 is 0 Å². The molecule has 5 nitrogen and oxygen atoms in total. The maximum Gasteiger partial charge on any atom is 0.224 e. The minimum atomic E-state index is 0.107. The number of nitrogens with zero attached hydrogens (tertiary/aromatic N) is 2. The number of carbonyl (C=O) groups excluding carboxylic acids is 1. The molecule has 1 aliphatic rings. The number of piperidine rings is 1. The molecule has 0 spiro atoms. The molecule has 0 unspecified atom stereocenters. The highest BCUT2D eigenvalue weighted by Crippen LogP contribution is 2.09. The first-order chi connectivity index (χ1) is 7.86. The second-order valence-electron chi connectivity index (χ2n) is 3.96. The Kier molecular flexibility index (Phi) is 3.82. The molecule has 0 aromatic carbocycles. The molecule has 1 atom stereocenters. The van der Waals surface area contributed by atoms with Crippen molar-refractivity contribution in [2.75, 3.05) is 13.1 Å². The summed E-state index contributed by atoms with van der Waals surface area (Å²) in [6.45, 7) is 2.29. The summed E-state index contributed by atoms with van der Waals surface area (Å²) in [5.41, 5.74) is 0.840. The van der Waals surface area contributed by atoms with E-state index in [0.717, 1.165) is 31.6 Å². The zero-order chi connectivity index (χ0) is 11.2. The summed E-state index contributed by atoms with van der Waals surface area (Å²) in [5.74, 6) is 0.224. The van der Waals surface area contributed by atoms with Crippen molar-refractivity contribution in [3.05, 3.63) is 24.3 Å². The molecule has 2 heterocycles. The molecule has 0 aliphatic carbocycles. The SMILES string of the molecule is O=C(NCc1ccncn1)[C@@H]1CCCNC1. The number of aromatic nitrogens is 2. The Labute approximate surface area is 94.7 Å². The standard InChI is InChI=1S/C11H16N4O/c16-11(9-2-1-4-12-6-9)14-7-10-3-5-13-8-15-10/h3,5,8-9,12H,1-2,4,6-7H2,(H,14,16)/t9-/m1/s1. The van der Waals surface area contributed by atoms with Crippen LogP contribution in [0.5, 0.6) is 0 Å². The van der Waals surface area contributed by atoms with Crippen LogP contribution in [0.1, 0.15) is 18.5 Å². The largest absolute Gasteiger partial charge is 0.350 e. The van der Waals surface area contributed by atoms with Crippen LogP contribution in [0.2, 0.25) is 0 Å². The summed E-state index contributed by atoms with van der Waals surface area (Å²) in [5, 5.41) is 6.13. The molecule has 86 valence electrons. The van der Waals surface area contributed by atoms with Crippen molar-refractivity contribution in [2.24, 2.45) is 5.92 Å². The molecular weight excluding hydrogens is 204 g/mol. The summed E-state index contributed by atoms with van der Waals surface area (Å²) in [4.78, 5) is 19.7. The summed E-state index contributed by atoms with van der Waals surface area (Å²) in [7, 11) is 0. The fourth-order valence-electron chi connectivity index (χ4n) is 1.82. The van der Waals surface area contributed by atoms with Crippen molar-refractivity contribution >= 4 is 5.91 Å². The van der Waals surface area contributed by atoms with Gasteiger partial charge in [-0.2, -0.15) is 0 Å². The predicted octanol–water partition coefficient (Wildman–Crippen LogP) is 0.0924. The van der Waals surface area contributed by atoms with Gasteiger partial charge in [0.15, 0.2) is 0 Å². The van der Waals surface area contributed by atoms with Gasteiger partial charge in [0.25, 0.3) is 0 Å². The quantitative estimate of drug-likeness (QED) is 0.757. The van der Waals surface area contributed by atoms with Crippen LogP contribution >= 0.6 is 0 Å². The number of carbonyl (C=O) groups is 1. The topological polar surface area (TPSA) is 66.9 Å². The van der Waals surface area contributed by atoms with Crippen LogP contribution < -0.4 is 10.6 Å². The lowest BCUT2D eigenvalue weighted by Crippen LogP contribution is -2.40. The van der Waals surface area contributed by atoms with Gasteiger partial charge in [-0.1, -0.05) is 0 Å². The lowest BCUT2D eigenvalue weighted by molar-refractivity contribution is -0.125. The van der Waals surface area contributed by atoms with Gasteiger partial charge in [0.1, 0.15) is 6.33 Å². The van der Waals surface area contributed by atoms with E-state index in [1.165, 1.54) is 6.33 Å². The van der Waals surface area contributed by atoms with E-state index in [0.29, 0.717) is 6.54 Å². The van der Waals surface area contributed by atoms with Gasteiger partial charge in [-0.25, -0.2) is 9.97 Å². The third-order valence-corrected chi connectivity index (χ3v) is 2.75. The number of hydrogen-bond acceptors (Lipinski definition) is 4. The Balaban J connectivity index is 1.79. The Morgan fingerprint density at radius 2 is 2.56 bits per heavy atom. The van der Waals surface area contributed by atoms with Crippen molar-refractivity contribution < 1.29 is 4.79 Å². The molecule has 5 heteroatoms. The number of rotatable bonds is 3. The Morgan fingerprint density at radius 1 is 1.62 bits per heavy atom. The monoisotopic (exact) mass is 220 g/mol. The predicted molar refractivity (Wildman–Crippen MR) is 59.5 cm³/mol. The molecule has 1 amide bonds. The molecule has 0 saturated carbocycles. The van der Waals surface area contributed by atoms with E-state index in [1.807, 2.05) is 0 Å². The van der Waals surface area contributed by atoms with Crippen LogP contribution in [0.3, 0.4) is 0 Å². The maximum atomic E-state index is 11.8. The summed E-state index contributed by atoms with van der Waals surface area (Å²) in [6, 6.07) is 1.80. The van der Waals surface area contributed by atoms with Gasteiger partial charge in [-0.3, -0.25) is 4.79 Å². The van der Waals surface area contributed by atoms with Crippen LogP contribution in [-0.2, 0) is 11.3 Å². The minimum absolute atomic E-state index is 0.107. The Morgan fingerprint density at radius 3 is 3.25 bits per heavy atom. The zero-order valence-electron chi connectivity index (χ0n) is 9.15. The summed E-state index contributed by atoms with van der Waals surface area (Å²) in [6.07, 6.45) is 5.22. The van der Waals surface area contributed by atoms with Crippen molar-refractivity contribution in [2.45, 2.75) is 19.4 Å². The highest BCUT2D eigenvalue weighted by molar-refractivity contribution is 5.78. The van der Waals surface area contributed by atoms with E-state index in [1.54, 1.807) is 12.3 Å². The average Bonchev–Trinajstić information content (AvgIpc) is 2.38. The third kappa shape index (κ3) is 3.00. The molecule has 1 saturated heterocycles. The Bertz CT molecular complexity index is 335. The maximum absolute atomic E-state index is 11.8. The van der Waals surface area contributed by atoms with Crippen LogP contribution in [0.15, 0.2) is 18.6 Å². The molecule has 16 heavy (non-hydrogen) atoms. The molecule has 0 bridgehead atoms. The zero-order valence-corrected chi connectivity index (χ0v) is 9.15. The second kappa shape index (κ2) is 5.55. The fourth-order valence-corrected chi connectivity index (χ4v) is 1.82. The molecule has 2 N–H and O–H groups in total. The first-order valence-corrected chi connectivity index (χ1v) is 5.59. The number of nitrogens with one attached hydrogen (secondary N) is 2. The lowest BCUT2D eigenvalue weighted by Gasteiger charge is -2.21. The van der Waals surface area contributed by atoms with Crippen LogP contribution in [0, 0.1) is 5.92 Å². The highest BCUT2D eigenvalue weighted by Gasteiger charge is 2.20. The van der Waals surface area contributed by atoms with Crippen LogP contribution in [0.4, 0.5) is 0 Å².